The fraction of sp³-hybridized carbons (Fsp3) is 0.679. The first-order chi connectivity index (χ1) is 17.3. The van der Waals surface area contributed by atoms with Gasteiger partial charge in [0.25, 0.3) is 5.56 Å². The molecule has 0 saturated heterocycles. The van der Waals surface area contributed by atoms with E-state index in [-0.39, 0.29) is 10.6 Å². The van der Waals surface area contributed by atoms with Crippen molar-refractivity contribution in [2.45, 2.75) is 103 Å². The normalized spacial score (nSPS) is 19.7. The Morgan fingerprint density at radius 1 is 1.03 bits per heavy atom. The topological polar surface area (TPSA) is 71.2 Å². The van der Waals surface area contributed by atoms with Crippen molar-refractivity contribution in [3.63, 3.8) is 0 Å². The Hall–Kier alpha value is -1.82. The van der Waals surface area contributed by atoms with E-state index < -0.39 is 16.4 Å². The predicted molar refractivity (Wildman–Crippen MR) is 158 cm³/mol. The molecular weight excluding hydrogens is 497 g/mol. The van der Waals surface area contributed by atoms with Gasteiger partial charge in [-0.15, -0.1) is 0 Å². The second-order valence-electron chi connectivity index (χ2n) is 13.6. The highest BCUT2D eigenvalue weighted by Crippen LogP contribution is 2.39. The molecule has 3 aromatic heterocycles. The number of pyridine rings is 1. The van der Waals surface area contributed by atoms with Crippen LogP contribution in [-0.2, 0) is 15.9 Å². The summed E-state index contributed by atoms with van der Waals surface area (Å²) in [5.41, 5.74) is 1.60. The summed E-state index contributed by atoms with van der Waals surface area (Å²) in [5.74, 6) is 0.597. The van der Waals surface area contributed by atoms with Crippen LogP contribution in [0.3, 0.4) is 0 Å². The van der Waals surface area contributed by atoms with Gasteiger partial charge in [-0.1, -0.05) is 40.4 Å². The fourth-order valence-corrected chi connectivity index (χ4v) is 6.70. The summed E-state index contributed by atoms with van der Waals surface area (Å²) in [7, 11) is -2.86. The van der Waals surface area contributed by atoms with Gasteiger partial charge in [0.2, 0.25) is 0 Å². The van der Waals surface area contributed by atoms with E-state index in [0.717, 1.165) is 61.5 Å². The molecule has 0 spiro atoms. The van der Waals surface area contributed by atoms with Gasteiger partial charge in [0.05, 0.1) is 17.2 Å². The third-order valence-electron chi connectivity index (χ3n) is 8.47. The number of aromatic nitrogens is 4. The molecule has 0 atom stereocenters. The summed E-state index contributed by atoms with van der Waals surface area (Å²) in [4.78, 5) is 21.5. The van der Waals surface area contributed by atoms with E-state index in [1.807, 2.05) is 10.8 Å². The van der Waals surface area contributed by atoms with Gasteiger partial charge in [0.1, 0.15) is 12.4 Å². The van der Waals surface area contributed by atoms with E-state index in [1.54, 1.807) is 12.5 Å². The van der Waals surface area contributed by atoms with Crippen LogP contribution in [0.1, 0.15) is 52.5 Å². The van der Waals surface area contributed by atoms with Crippen LogP contribution >= 0.6 is 0 Å². The molecule has 4 rings (SSSR count). The molecule has 1 saturated carbocycles. The molecular formula is C28H46N4O3Si2. The zero-order valence-electron chi connectivity index (χ0n) is 24.1. The largest absolute Gasteiger partial charge is 0.417 e. The molecule has 1 fully saturated rings. The lowest BCUT2D eigenvalue weighted by atomic mass is 9.86. The zero-order valence-corrected chi connectivity index (χ0v) is 26.1. The van der Waals surface area contributed by atoms with E-state index in [9.17, 15) is 4.79 Å². The van der Waals surface area contributed by atoms with Gasteiger partial charge in [0.15, 0.2) is 8.32 Å². The zero-order chi connectivity index (χ0) is 27.0. The Morgan fingerprint density at radius 3 is 2.38 bits per heavy atom. The molecule has 204 valence electrons. The number of rotatable bonds is 9. The smallest absolute Gasteiger partial charge is 0.282 e. The maximum Gasteiger partial charge on any atom is 0.282 e. The summed E-state index contributed by atoms with van der Waals surface area (Å²) in [6.45, 7) is 20.7. The van der Waals surface area contributed by atoms with Crippen LogP contribution in [0.15, 0.2) is 29.6 Å². The molecule has 37 heavy (non-hydrogen) atoms. The van der Waals surface area contributed by atoms with Crippen LogP contribution in [0.5, 0.6) is 0 Å². The fourth-order valence-electron chi connectivity index (χ4n) is 4.86. The van der Waals surface area contributed by atoms with Crippen LogP contribution in [0, 0.1) is 5.92 Å². The van der Waals surface area contributed by atoms with Gasteiger partial charge in [-0.05, 0) is 61.8 Å². The van der Waals surface area contributed by atoms with Crippen molar-refractivity contribution in [1.82, 2.24) is 19.1 Å². The molecule has 3 heterocycles. The molecule has 0 radical (unpaired) electrons. The summed E-state index contributed by atoms with van der Waals surface area (Å²) in [6, 6.07) is 3.53. The van der Waals surface area contributed by atoms with Crippen molar-refractivity contribution in [3.8, 4) is 0 Å². The summed E-state index contributed by atoms with van der Waals surface area (Å²) in [5, 5.41) is 1.82. The molecule has 0 bridgehead atoms. The van der Waals surface area contributed by atoms with Crippen molar-refractivity contribution in [2.75, 3.05) is 13.2 Å². The summed E-state index contributed by atoms with van der Waals surface area (Å²) < 4.78 is 16.8. The molecule has 7 nitrogen and oxygen atoms in total. The minimum Gasteiger partial charge on any atom is -0.417 e. The molecule has 0 amide bonds. The highest BCUT2D eigenvalue weighted by molar-refractivity contribution is 6.76. The second-order valence-corrected chi connectivity index (χ2v) is 24.0. The minimum absolute atomic E-state index is 0.212. The van der Waals surface area contributed by atoms with Crippen LogP contribution < -0.4 is 5.56 Å². The number of fused-ring (bicyclic) bond motifs is 3. The van der Waals surface area contributed by atoms with Crippen LogP contribution in [0.4, 0.5) is 0 Å². The summed E-state index contributed by atoms with van der Waals surface area (Å²) in [6.07, 6.45) is 9.87. The highest BCUT2D eigenvalue weighted by atomic mass is 28.4. The average Bonchev–Trinajstić information content (AvgIpc) is 3.23. The number of ether oxygens (including phenoxy) is 1. The van der Waals surface area contributed by atoms with Gasteiger partial charge in [-0.3, -0.25) is 4.79 Å². The molecule has 3 aromatic rings. The Bertz CT molecular complexity index is 1280. The van der Waals surface area contributed by atoms with Crippen molar-refractivity contribution in [2.24, 2.45) is 5.92 Å². The first kappa shape index (κ1) is 28.2. The van der Waals surface area contributed by atoms with Gasteiger partial charge in [0, 0.05) is 45.1 Å². The third-order valence-corrected chi connectivity index (χ3v) is 14.7. The van der Waals surface area contributed by atoms with E-state index in [1.165, 1.54) is 0 Å². The molecule has 0 N–H and O–H groups in total. The first-order valence-corrected chi connectivity index (χ1v) is 20.4. The van der Waals surface area contributed by atoms with Gasteiger partial charge < -0.3 is 18.3 Å². The standard InChI is InChI=1S/C28H46N4O3Si2/c1-28(2,3)37(7,8)35-18-21-9-11-22(12-10-21)32-19-30-27(33)24-17-29-26-23(25(24)32)13-14-31(26)20-34-15-16-36(4,5)6/h13-14,17,19,21-22H,9-12,15-16,18,20H2,1-8H3/t21-,22-. The number of nitrogens with zero attached hydrogens (tertiary/aromatic N) is 4. The Morgan fingerprint density at radius 2 is 1.73 bits per heavy atom. The second kappa shape index (κ2) is 10.7. The van der Waals surface area contributed by atoms with Gasteiger partial charge >= 0.3 is 0 Å². The maximum absolute atomic E-state index is 12.7. The quantitative estimate of drug-likeness (QED) is 0.219. The van der Waals surface area contributed by atoms with Crippen LogP contribution in [0.25, 0.3) is 21.9 Å². The molecule has 1 aliphatic carbocycles. The third kappa shape index (κ3) is 6.43. The van der Waals surface area contributed by atoms with Crippen molar-refractivity contribution in [1.29, 1.82) is 0 Å². The maximum atomic E-state index is 12.7. The van der Waals surface area contributed by atoms with E-state index in [4.69, 9.17) is 9.16 Å². The molecule has 9 heteroatoms. The van der Waals surface area contributed by atoms with Crippen molar-refractivity contribution in [3.05, 3.63) is 35.1 Å². The minimum atomic E-state index is -1.73. The Balaban J connectivity index is 1.51. The Kier molecular flexibility index (Phi) is 8.19. The molecule has 0 aromatic carbocycles. The van der Waals surface area contributed by atoms with E-state index in [2.05, 4.69) is 74.1 Å². The molecule has 0 unspecified atom stereocenters. The van der Waals surface area contributed by atoms with Crippen LogP contribution in [0.2, 0.25) is 43.8 Å². The lowest BCUT2D eigenvalue weighted by molar-refractivity contribution is 0.0899. The van der Waals surface area contributed by atoms with E-state index >= 15 is 0 Å². The average molecular weight is 543 g/mol. The van der Waals surface area contributed by atoms with Crippen LogP contribution in [-0.4, -0.2) is 48.7 Å². The predicted octanol–water partition coefficient (Wildman–Crippen LogP) is 6.81. The lowest BCUT2D eigenvalue weighted by Crippen LogP contribution is -2.42. The SMILES string of the molecule is CC(C)(C)[Si](C)(C)OC[C@H]1CC[C@H](n2cnc(=O)c3cnc4c(ccn4COCC[Si](C)(C)C)c32)CC1. The van der Waals surface area contributed by atoms with E-state index in [0.29, 0.717) is 24.1 Å². The van der Waals surface area contributed by atoms with Gasteiger partial charge in [-0.25, -0.2) is 4.98 Å². The van der Waals surface area contributed by atoms with Crippen molar-refractivity contribution < 1.29 is 9.16 Å². The highest BCUT2D eigenvalue weighted by Gasteiger charge is 2.38. The monoisotopic (exact) mass is 542 g/mol. The van der Waals surface area contributed by atoms with Gasteiger partial charge in [-0.2, -0.15) is 4.98 Å². The Labute approximate surface area is 223 Å². The number of hydrogen-bond acceptors (Lipinski definition) is 5. The van der Waals surface area contributed by atoms with Crippen molar-refractivity contribution >= 4 is 38.3 Å². The first-order valence-electron chi connectivity index (χ1n) is 13.8. The molecule has 0 aliphatic heterocycles. The number of hydrogen-bond donors (Lipinski definition) is 0. The molecule has 1 aliphatic rings. The lowest BCUT2D eigenvalue weighted by Gasteiger charge is -2.38. The summed E-state index contributed by atoms with van der Waals surface area (Å²) >= 11 is 0.